The van der Waals surface area contributed by atoms with Crippen molar-refractivity contribution < 1.29 is 4.57 Å². The molecular formula is C53H50N3OP. The van der Waals surface area contributed by atoms with Crippen LogP contribution < -0.4 is 5.30 Å². The number of aromatic nitrogens is 3. The molecule has 4 nitrogen and oxygen atoms in total. The molecule has 1 aromatic heterocycles. The second kappa shape index (κ2) is 15.8. The quantitative estimate of drug-likeness (QED) is 0.137. The molecule has 0 atom stereocenters. The van der Waals surface area contributed by atoms with Gasteiger partial charge in [-0.3, -0.25) is 0 Å². The van der Waals surface area contributed by atoms with Crippen molar-refractivity contribution in [2.24, 2.45) is 10.8 Å². The summed E-state index contributed by atoms with van der Waals surface area (Å²) in [5.74, 6) is 1.82. The minimum absolute atomic E-state index is 0.0532. The van der Waals surface area contributed by atoms with Crippen LogP contribution in [0.15, 0.2) is 170 Å². The Morgan fingerprint density at radius 1 is 0.397 bits per heavy atom. The van der Waals surface area contributed by atoms with E-state index in [1.807, 2.05) is 30.3 Å². The van der Waals surface area contributed by atoms with Crippen LogP contribution in [0.5, 0.6) is 0 Å². The Kier molecular flexibility index (Phi) is 10.6. The van der Waals surface area contributed by atoms with Crippen molar-refractivity contribution in [1.82, 2.24) is 15.0 Å². The maximum atomic E-state index is 14.8. The van der Waals surface area contributed by atoms with Crippen LogP contribution in [0.2, 0.25) is 0 Å². The van der Waals surface area contributed by atoms with E-state index in [-0.39, 0.29) is 10.8 Å². The summed E-state index contributed by atoms with van der Waals surface area (Å²) in [6.45, 7) is 13.1. The van der Waals surface area contributed by atoms with Crippen LogP contribution in [0.3, 0.4) is 0 Å². The van der Waals surface area contributed by atoms with Gasteiger partial charge in [-0.05, 0) is 67.1 Å². The van der Waals surface area contributed by atoms with E-state index >= 15 is 0 Å². The monoisotopic (exact) mass is 775 g/mol. The van der Waals surface area contributed by atoms with E-state index in [1.165, 1.54) is 16.3 Å². The van der Waals surface area contributed by atoms with Gasteiger partial charge in [0.05, 0.1) is 0 Å². The standard InChI is InChI=1S/C53H50N3OP/c1-52(2,3)35-58(57,36-53(4,5)6)44-24-15-23-42(33-44)37-27-29-41(30-28-37)50-54-49(40-20-11-8-12-21-40)55-51(56-50)43-31-32-47(48(34-43)39-17-9-7-10-18-39)46-26-16-22-38-19-13-14-25-45(38)46/h7-34H,35-36H2,1-6H3. The Morgan fingerprint density at radius 2 is 0.879 bits per heavy atom. The van der Waals surface area contributed by atoms with Crippen LogP contribution in [0, 0.1) is 10.8 Å². The highest BCUT2D eigenvalue weighted by atomic mass is 31.2. The number of nitrogens with zero attached hydrogens (tertiary/aromatic N) is 3. The fourth-order valence-electron chi connectivity index (χ4n) is 8.11. The largest absolute Gasteiger partial charge is 0.319 e. The van der Waals surface area contributed by atoms with Gasteiger partial charge in [-0.2, -0.15) is 0 Å². The summed E-state index contributed by atoms with van der Waals surface area (Å²) in [6.07, 6.45) is 1.34. The van der Waals surface area contributed by atoms with Gasteiger partial charge in [0.2, 0.25) is 0 Å². The average molecular weight is 776 g/mol. The Balaban J connectivity index is 1.21. The Morgan fingerprint density at radius 3 is 1.52 bits per heavy atom. The van der Waals surface area contributed by atoms with Crippen molar-refractivity contribution in [3.05, 3.63) is 170 Å². The lowest BCUT2D eigenvalue weighted by atomic mass is 9.90. The summed E-state index contributed by atoms with van der Waals surface area (Å²) in [4.78, 5) is 15.3. The third-order valence-electron chi connectivity index (χ3n) is 10.4. The molecule has 0 amide bonds. The molecule has 0 aliphatic carbocycles. The highest BCUT2D eigenvalue weighted by molar-refractivity contribution is 7.71. The zero-order chi connectivity index (χ0) is 40.5. The van der Waals surface area contributed by atoms with Crippen LogP contribution in [0.25, 0.3) is 78.3 Å². The van der Waals surface area contributed by atoms with Crippen LogP contribution in [0.1, 0.15) is 41.5 Å². The molecule has 288 valence electrons. The van der Waals surface area contributed by atoms with Crippen molar-refractivity contribution in [2.75, 3.05) is 12.3 Å². The molecule has 0 saturated heterocycles. The molecule has 0 N–H and O–H groups in total. The summed E-state index contributed by atoms with van der Waals surface area (Å²) in [5, 5.41) is 3.37. The maximum Gasteiger partial charge on any atom is 0.164 e. The lowest BCUT2D eigenvalue weighted by Gasteiger charge is -2.32. The zero-order valence-corrected chi connectivity index (χ0v) is 35.2. The first-order valence-corrected chi connectivity index (χ1v) is 22.2. The van der Waals surface area contributed by atoms with Gasteiger partial charge in [0.1, 0.15) is 7.14 Å². The van der Waals surface area contributed by atoms with Crippen molar-refractivity contribution in [3.63, 3.8) is 0 Å². The van der Waals surface area contributed by atoms with E-state index in [0.29, 0.717) is 29.8 Å². The minimum atomic E-state index is -2.67. The van der Waals surface area contributed by atoms with Gasteiger partial charge in [-0.15, -0.1) is 0 Å². The van der Waals surface area contributed by atoms with E-state index < -0.39 is 7.14 Å². The minimum Gasteiger partial charge on any atom is -0.319 e. The van der Waals surface area contributed by atoms with Gasteiger partial charge in [0.25, 0.3) is 0 Å². The molecule has 58 heavy (non-hydrogen) atoms. The molecule has 8 aromatic rings. The first-order valence-electron chi connectivity index (χ1n) is 20.1. The molecule has 7 aromatic carbocycles. The Labute approximate surface area is 343 Å². The molecule has 0 fully saturated rings. The van der Waals surface area contributed by atoms with Crippen LogP contribution in [-0.4, -0.2) is 27.3 Å². The van der Waals surface area contributed by atoms with Crippen molar-refractivity contribution in [3.8, 4) is 67.5 Å². The summed E-state index contributed by atoms with van der Waals surface area (Å²) >= 11 is 0. The smallest absolute Gasteiger partial charge is 0.164 e. The van der Waals surface area contributed by atoms with E-state index in [4.69, 9.17) is 15.0 Å². The van der Waals surface area contributed by atoms with Crippen molar-refractivity contribution in [1.29, 1.82) is 0 Å². The van der Waals surface area contributed by atoms with Gasteiger partial charge in [0.15, 0.2) is 17.5 Å². The molecule has 0 aliphatic rings. The molecule has 1 heterocycles. The lowest BCUT2D eigenvalue weighted by Crippen LogP contribution is -2.25. The number of fused-ring (bicyclic) bond motifs is 1. The van der Waals surface area contributed by atoms with Crippen LogP contribution in [0.4, 0.5) is 0 Å². The van der Waals surface area contributed by atoms with Crippen molar-refractivity contribution in [2.45, 2.75) is 41.5 Å². The predicted octanol–water partition coefficient (Wildman–Crippen LogP) is 14.1. The van der Waals surface area contributed by atoms with Crippen LogP contribution >= 0.6 is 7.14 Å². The first kappa shape index (κ1) is 38.9. The predicted molar refractivity (Wildman–Crippen MR) is 246 cm³/mol. The summed E-state index contributed by atoms with van der Waals surface area (Å²) in [7, 11) is -2.67. The molecule has 0 saturated carbocycles. The zero-order valence-electron chi connectivity index (χ0n) is 34.3. The molecule has 0 spiro atoms. The van der Waals surface area contributed by atoms with Crippen LogP contribution in [-0.2, 0) is 4.57 Å². The molecule has 8 rings (SSSR count). The van der Waals surface area contributed by atoms with Gasteiger partial charge >= 0.3 is 0 Å². The highest BCUT2D eigenvalue weighted by Crippen LogP contribution is 2.53. The topological polar surface area (TPSA) is 55.7 Å². The number of hydrogen-bond donors (Lipinski definition) is 0. The van der Waals surface area contributed by atoms with E-state index in [2.05, 4.69) is 181 Å². The summed E-state index contributed by atoms with van der Waals surface area (Å²) in [6, 6.07) is 59.0. The van der Waals surface area contributed by atoms with Gasteiger partial charge < -0.3 is 4.57 Å². The normalized spacial score (nSPS) is 12.2. The molecule has 5 heteroatoms. The average Bonchev–Trinajstić information content (AvgIpc) is 3.22. The Hall–Kier alpha value is -5.96. The molecule has 0 aliphatic heterocycles. The Bertz CT molecular complexity index is 2740. The highest BCUT2D eigenvalue weighted by Gasteiger charge is 2.34. The summed E-state index contributed by atoms with van der Waals surface area (Å²) < 4.78 is 14.8. The molecule has 0 radical (unpaired) electrons. The molecule has 0 unspecified atom stereocenters. The lowest BCUT2D eigenvalue weighted by molar-refractivity contribution is 0.439. The SMILES string of the molecule is CC(C)(C)CP(=O)(CC(C)(C)C)c1cccc(-c2ccc(-c3nc(-c4ccccc4)nc(-c4ccc(-c5cccc6ccccc56)c(-c5ccccc5)c4)n3)cc2)c1. The van der Waals surface area contributed by atoms with E-state index in [0.717, 1.165) is 49.8 Å². The number of hydrogen-bond acceptors (Lipinski definition) is 4. The third kappa shape index (κ3) is 8.64. The second-order valence-electron chi connectivity index (χ2n) is 17.8. The fourth-order valence-corrected chi connectivity index (χ4v) is 12.4. The van der Waals surface area contributed by atoms with Gasteiger partial charge in [-0.25, -0.2) is 15.0 Å². The number of rotatable bonds is 9. The maximum absolute atomic E-state index is 14.8. The van der Waals surface area contributed by atoms with Gasteiger partial charge in [0, 0.05) is 34.3 Å². The molecular weight excluding hydrogens is 726 g/mol. The second-order valence-corrected chi connectivity index (χ2v) is 20.7. The van der Waals surface area contributed by atoms with E-state index in [1.54, 1.807) is 0 Å². The van der Waals surface area contributed by atoms with Crippen molar-refractivity contribution >= 4 is 23.2 Å². The summed E-state index contributed by atoms with van der Waals surface area (Å²) in [5.41, 5.74) is 9.28. The first-order chi connectivity index (χ1) is 27.8. The fraction of sp³-hybridized carbons (Fsp3) is 0.189. The van der Waals surface area contributed by atoms with Gasteiger partial charge in [-0.1, -0.05) is 199 Å². The number of benzene rings is 7. The third-order valence-corrected chi connectivity index (χ3v) is 14.5. The van der Waals surface area contributed by atoms with E-state index in [9.17, 15) is 4.57 Å². The molecule has 0 bridgehead atoms.